The van der Waals surface area contributed by atoms with Crippen LogP contribution in [0.1, 0.15) is 18.1 Å². The molecule has 25 heavy (non-hydrogen) atoms. The van der Waals surface area contributed by atoms with Gasteiger partial charge in [0.1, 0.15) is 5.75 Å². The number of nitrogens with one attached hydrogen (secondary N) is 3. The normalized spacial score (nSPS) is 10.0. The molecule has 0 unspecified atom stereocenters. The molecule has 0 aliphatic rings. The molecule has 2 rings (SSSR count). The predicted octanol–water partition coefficient (Wildman–Crippen LogP) is 2.70. The second-order valence-electron chi connectivity index (χ2n) is 5.55. The zero-order valence-electron chi connectivity index (χ0n) is 14.5. The molecule has 132 valence electrons. The monoisotopic (exact) mass is 341 g/mol. The van der Waals surface area contributed by atoms with E-state index in [2.05, 4.69) is 16.0 Å². The van der Waals surface area contributed by atoms with Crippen LogP contribution in [0.25, 0.3) is 0 Å². The van der Waals surface area contributed by atoms with E-state index in [4.69, 9.17) is 4.74 Å². The number of methoxy groups -OCH3 is 1. The third-order valence-electron chi connectivity index (χ3n) is 3.57. The fourth-order valence-corrected chi connectivity index (χ4v) is 2.43. The molecule has 0 aromatic heterocycles. The molecule has 0 bridgehead atoms. The Hall–Kier alpha value is -3.02. The van der Waals surface area contributed by atoms with Gasteiger partial charge in [-0.3, -0.25) is 4.79 Å². The van der Waals surface area contributed by atoms with E-state index < -0.39 is 0 Å². The van der Waals surface area contributed by atoms with Gasteiger partial charge in [-0.05, 0) is 35.7 Å². The standard InChI is InChI=1S/C19H23N3O3/c1-14(23)22-17-8-5-6-15(12-17)13-21-19(24)20-11-10-16-7-3-4-9-18(16)25-2/h3-9,12H,10-11,13H2,1-2H3,(H,22,23)(H2,20,21,24). The molecule has 0 aliphatic heterocycles. The van der Waals surface area contributed by atoms with Crippen molar-refractivity contribution in [3.05, 3.63) is 59.7 Å². The largest absolute Gasteiger partial charge is 0.496 e. The van der Waals surface area contributed by atoms with Crippen LogP contribution < -0.4 is 20.7 Å². The SMILES string of the molecule is COc1ccccc1CCNC(=O)NCc1cccc(NC(C)=O)c1. The highest BCUT2D eigenvalue weighted by Gasteiger charge is 2.04. The second-order valence-corrected chi connectivity index (χ2v) is 5.55. The van der Waals surface area contributed by atoms with Crippen LogP contribution in [0.2, 0.25) is 0 Å². The van der Waals surface area contributed by atoms with Gasteiger partial charge in [0.25, 0.3) is 0 Å². The van der Waals surface area contributed by atoms with Gasteiger partial charge in [-0.15, -0.1) is 0 Å². The number of carbonyl (C=O) groups excluding carboxylic acids is 2. The molecular formula is C19H23N3O3. The van der Waals surface area contributed by atoms with Crippen LogP contribution >= 0.6 is 0 Å². The molecule has 0 saturated heterocycles. The number of rotatable bonds is 7. The van der Waals surface area contributed by atoms with Crippen LogP contribution in [0.15, 0.2) is 48.5 Å². The van der Waals surface area contributed by atoms with Gasteiger partial charge in [0.2, 0.25) is 5.91 Å². The van der Waals surface area contributed by atoms with Crippen LogP contribution in [0.4, 0.5) is 10.5 Å². The summed E-state index contributed by atoms with van der Waals surface area (Å²) in [7, 11) is 1.63. The number of ether oxygens (including phenoxy) is 1. The molecule has 6 nitrogen and oxygen atoms in total. The van der Waals surface area contributed by atoms with E-state index in [0.29, 0.717) is 25.2 Å². The van der Waals surface area contributed by atoms with Crippen molar-refractivity contribution in [3.63, 3.8) is 0 Å². The van der Waals surface area contributed by atoms with Crippen molar-refractivity contribution >= 4 is 17.6 Å². The fraction of sp³-hybridized carbons (Fsp3) is 0.263. The second kappa shape index (κ2) is 9.32. The maximum absolute atomic E-state index is 11.9. The Bertz CT molecular complexity index is 731. The molecule has 2 aromatic carbocycles. The van der Waals surface area contributed by atoms with Gasteiger partial charge in [0.15, 0.2) is 0 Å². The molecule has 0 spiro atoms. The molecule has 0 saturated carbocycles. The number of amides is 3. The van der Waals surface area contributed by atoms with Crippen LogP contribution in [0, 0.1) is 0 Å². The summed E-state index contributed by atoms with van der Waals surface area (Å²) in [6.07, 6.45) is 0.690. The highest BCUT2D eigenvalue weighted by atomic mass is 16.5. The Morgan fingerprint density at radius 2 is 1.84 bits per heavy atom. The molecule has 3 amide bonds. The molecule has 0 aliphatic carbocycles. The van der Waals surface area contributed by atoms with Gasteiger partial charge in [0, 0.05) is 25.7 Å². The maximum atomic E-state index is 11.9. The number of urea groups is 1. The van der Waals surface area contributed by atoms with Crippen LogP contribution in [0.3, 0.4) is 0 Å². The third-order valence-corrected chi connectivity index (χ3v) is 3.57. The van der Waals surface area contributed by atoms with Crippen molar-refractivity contribution in [1.29, 1.82) is 0 Å². The summed E-state index contributed by atoms with van der Waals surface area (Å²) in [5.41, 5.74) is 2.67. The summed E-state index contributed by atoms with van der Waals surface area (Å²) in [6.45, 7) is 2.35. The van der Waals surface area contributed by atoms with Gasteiger partial charge in [-0.25, -0.2) is 4.79 Å². The molecule has 3 N–H and O–H groups in total. The Morgan fingerprint density at radius 3 is 2.60 bits per heavy atom. The van der Waals surface area contributed by atoms with Crippen LogP contribution in [-0.4, -0.2) is 25.6 Å². The lowest BCUT2D eigenvalue weighted by Gasteiger charge is -2.10. The molecular weight excluding hydrogens is 318 g/mol. The fourth-order valence-electron chi connectivity index (χ4n) is 2.43. The van der Waals surface area contributed by atoms with Crippen LogP contribution in [0.5, 0.6) is 5.75 Å². The Balaban J connectivity index is 1.76. The van der Waals surface area contributed by atoms with Crippen molar-refractivity contribution in [2.24, 2.45) is 0 Å². The lowest BCUT2D eigenvalue weighted by Crippen LogP contribution is -2.36. The van der Waals surface area contributed by atoms with E-state index in [0.717, 1.165) is 16.9 Å². The number of carbonyl (C=O) groups is 2. The van der Waals surface area contributed by atoms with Crippen molar-refractivity contribution in [3.8, 4) is 5.75 Å². The Morgan fingerprint density at radius 1 is 1.04 bits per heavy atom. The number of hydrogen-bond donors (Lipinski definition) is 3. The predicted molar refractivity (Wildman–Crippen MR) is 97.7 cm³/mol. The summed E-state index contributed by atoms with van der Waals surface area (Å²) >= 11 is 0. The first-order valence-electron chi connectivity index (χ1n) is 8.08. The molecule has 0 fully saturated rings. The van der Waals surface area contributed by atoms with E-state index >= 15 is 0 Å². The van der Waals surface area contributed by atoms with E-state index in [9.17, 15) is 9.59 Å². The van der Waals surface area contributed by atoms with Gasteiger partial charge in [-0.2, -0.15) is 0 Å². The summed E-state index contributed by atoms with van der Waals surface area (Å²) < 4.78 is 5.29. The minimum absolute atomic E-state index is 0.126. The van der Waals surface area contributed by atoms with E-state index in [1.807, 2.05) is 42.5 Å². The van der Waals surface area contributed by atoms with Crippen LogP contribution in [-0.2, 0) is 17.8 Å². The lowest BCUT2D eigenvalue weighted by atomic mass is 10.1. The minimum Gasteiger partial charge on any atom is -0.496 e. The van der Waals surface area contributed by atoms with Gasteiger partial charge >= 0.3 is 6.03 Å². The first kappa shape index (κ1) is 18.3. The van der Waals surface area contributed by atoms with Crippen molar-refractivity contribution in [2.75, 3.05) is 19.0 Å². The molecule has 0 heterocycles. The Kier molecular flexibility index (Phi) is 6.83. The van der Waals surface area contributed by atoms with Crippen molar-refractivity contribution < 1.29 is 14.3 Å². The molecule has 2 aromatic rings. The number of hydrogen-bond acceptors (Lipinski definition) is 3. The number of anilines is 1. The summed E-state index contributed by atoms with van der Waals surface area (Å²) in [5, 5.41) is 8.34. The topological polar surface area (TPSA) is 79.5 Å². The minimum atomic E-state index is -0.236. The number of para-hydroxylation sites is 1. The van der Waals surface area contributed by atoms with Gasteiger partial charge in [0.05, 0.1) is 7.11 Å². The zero-order chi connectivity index (χ0) is 18.1. The maximum Gasteiger partial charge on any atom is 0.315 e. The molecule has 6 heteroatoms. The smallest absolute Gasteiger partial charge is 0.315 e. The first-order valence-corrected chi connectivity index (χ1v) is 8.08. The first-order chi connectivity index (χ1) is 12.1. The quantitative estimate of drug-likeness (QED) is 0.724. The lowest BCUT2D eigenvalue weighted by molar-refractivity contribution is -0.114. The zero-order valence-corrected chi connectivity index (χ0v) is 14.5. The van der Waals surface area contributed by atoms with Crippen molar-refractivity contribution in [2.45, 2.75) is 19.9 Å². The summed E-state index contributed by atoms with van der Waals surface area (Å²) in [5.74, 6) is 0.693. The van der Waals surface area contributed by atoms with Gasteiger partial charge < -0.3 is 20.7 Å². The summed E-state index contributed by atoms with van der Waals surface area (Å²) in [6, 6.07) is 14.9. The summed E-state index contributed by atoms with van der Waals surface area (Å²) in [4.78, 5) is 23.0. The highest BCUT2D eigenvalue weighted by molar-refractivity contribution is 5.88. The highest BCUT2D eigenvalue weighted by Crippen LogP contribution is 2.17. The number of benzene rings is 2. The average molecular weight is 341 g/mol. The van der Waals surface area contributed by atoms with Crippen molar-refractivity contribution in [1.82, 2.24) is 10.6 Å². The third kappa shape index (κ3) is 6.18. The van der Waals surface area contributed by atoms with E-state index in [1.165, 1.54) is 6.92 Å². The van der Waals surface area contributed by atoms with E-state index in [-0.39, 0.29) is 11.9 Å². The average Bonchev–Trinajstić information content (AvgIpc) is 2.60. The molecule has 0 atom stereocenters. The van der Waals surface area contributed by atoms with E-state index in [1.54, 1.807) is 13.2 Å². The molecule has 0 radical (unpaired) electrons. The van der Waals surface area contributed by atoms with Gasteiger partial charge in [-0.1, -0.05) is 30.3 Å². The Labute approximate surface area is 147 Å².